The number of anilines is 3. The Morgan fingerprint density at radius 2 is 1.88 bits per heavy atom. The predicted molar refractivity (Wildman–Crippen MR) is 107 cm³/mol. The van der Waals surface area contributed by atoms with Crippen LogP contribution >= 0.6 is 0 Å². The van der Waals surface area contributed by atoms with Crippen molar-refractivity contribution in [1.29, 1.82) is 0 Å². The number of fused-ring (bicyclic) bond motifs is 1. The Morgan fingerprint density at radius 1 is 1.12 bits per heavy atom. The van der Waals surface area contributed by atoms with E-state index in [-0.39, 0.29) is 5.91 Å². The standard InChI is InChI=1S/C21H25N3O2/c1-3-12-24(13-14-26-2)17-10-8-16(9-11-17)22-15-19-18-6-4-5-7-20(18)23-21(19)25/h4-11,15,22H,3,12-14H2,1-2H3,(H,23,25)/b19-15+. The summed E-state index contributed by atoms with van der Waals surface area (Å²) in [5.74, 6) is -0.0796. The third-order valence-electron chi connectivity index (χ3n) is 4.38. The average molecular weight is 351 g/mol. The fraction of sp³-hybridized carbons (Fsp3) is 0.286. The normalized spacial score (nSPS) is 14.2. The first-order valence-electron chi connectivity index (χ1n) is 8.94. The minimum atomic E-state index is -0.0796. The van der Waals surface area contributed by atoms with Gasteiger partial charge in [0.05, 0.1) is 12.2 Å². The highest BCUT2D eigenvalue weighted by molar-refractivity contribution is 6.31. The summed E-state index contributed by atoms with van der Waals surface area (Å²) in [6.45, 7) is 4.75. The van der Waals surface area contributed by atoms with Crippen molar-refractivity contribution >= 4 is 28.5 Å². The van der Waals surface area contributed by atoms with E-state index in [1.165, 1.54) is 5.69 Å². The van der Waals surface area contributed by atoms with Gasteiger partial charge in [0.2, 0.25) is 0 Å². The topological polar surface area (TPSA) is 53.6 Å². The lowest BCUT2D eigenvalue weighted by Gasteiger charge is -2.24. The van der Waals surface area contributed by atoms with E-state index < -0.39 is 0 Å². The maximum atomic E-state index is 12.1. The molecule has 2 aromatic carbocycles. The number of methoxy groups -OCH3 is 1. The van der Waals surface area contributed by atoms with Crippen molar-refractivity contribution in [3.63, 3.8) is 0 Å². The van der Waals surface area contributed by atoms with Crippen LogP contribution in [0.3, 0.4) is 0 Å². The molecule has 3 rings (SSSR count). The lowest BCUT2D eigenvalue weighted by Crippen LogP contribution is -2.27. The van der Waals surface area contributed by atoms with Crippen LogP contribution in [0.1, 0.15) is 18.9 Å². The van der Waals surface area contributed by atoms with Gasteiger partial charge in [-0.2, -0.15) is 0 Å². The molecule has 0 saturated heterocycles. The molecule has 0 atom stereocenters. The van der Waals surface area contributed by atoms with E-state index in [4.69, 9.17) is 4.74 Å². The number of hydrogen-bond acceptors (Lipinski definition) is 4. The summed E-state index contributed by atoms with van der Waals surface area (Å²) in [6, 6.07) is 15.9. The molecule has 0 spiro atoms. The molecule has 5 nitrogen and oxygen atoms in total. The SMILES string of the molecule is CCCN(CCOC)c1ccc(N/C=C2/C(=O)Nc3ccccc32)cc1. The molecule has 26 heavy (non-hydrogen) atoms. The highest BCUT2D eigenvalue weighted by atomic mass is 16.5. The number of nitrogens with one attached hydrogen (secondary N) is 2. The molecule has 0 fully saturated rings. The van der Waals surface area contributed by atoms with Crippen LogP contribution in [0.5, 0.6) is 0 Å². The molecule has 0 unspecified atom stereocenters. The van der Waals surface area contributed by atoms with Crippen molar-refractivity contribution in [2.45, 2.75) is 13.3 Å². The molecule has 1 amide bonds. The third-order valence-corrected chi connectivity index (χ3v) is 4.38. The number of carbonyl (C=O) groups excluding carboxylic acids is 1. The first kappa shape index (κ1) is 18.0. The van der Waals surface area contributed by atoms with E-state index in [1.807, 2.05) is 36.4 Å². The molecular formula is C21H25N3O2. The van der Waals surface area contributed by atoms with Crippen LogP contribution < -0.4 is 15.5 Å². The fourth-order valence-corrected chi connectivity index (χ4v) is 3.05. The fourth-order valence-electron chi connectivity index (χ4n) is 3.05. The first-order chi connectivity index (χ1) is 12.7. The van der Waals surface area contributed by atoms with Crippen LogP contribution in [0.4, 0.5) is 17.1 Å². The van der Waals surface area contributed by atoms with Crippen molar-refractivity contribution < 1.29 is 9.53 Å². The summed E-state index contributed by atoms with van der Waals surface area (Å²) in [4.78, 5) is 14.4. The highest BCUT2D eigenvalue weighted by Gasteiger charge is 2.23. The predicted octanol–water partition coefficient (Wildman–Crippen LogP) is 3.95. The number of amides is 1. The van der Waals surface area contributed by atoms with E-state index in [1.54, 1.807) is 13.3 Å². The summed E-state index contributed by atoms with van der Waals surface area (Å²) in [6.07, 6.45) is 2.86. The molecule has 136 valence electrons. The number of nitrogens with zero attached hydrogens (tertiary/aromatic N) is 1. The Bertz CT molecular complexity index is 784. The van der Waals surface area contributed by atoms with Crippen LogP contribution in [0.2, 0.25) is 0 Å². The summed E-state index contributed by atoms with van der Waals surface area (Å²) in [5.41, 5.74) is 4.55. The summed E-state index contributed by atoms with van der Waals surface area (Å²) >= 11 is 0. The van der Waals surface area contributed by atoms with E-state index in [2.05, 4.69) is 34.6 Å². The Kier molecular flexibility index (Phi) is 5.92. The Morgan fingerprint density at radius 3 is 2.62 bits per heavy atom. The molecule has 1 aliphatic rings. The monoisotopic (exact) mass is 351 g/mol. The van der Waals surface area contributed by atoms with E-state index in [0.29, 0.717) is 12.2 Å². The number of benzene rings is 2. The second kappa shape index (κ2) is 8.54. The molecule has 1 heterocycles. The summed E-state index contributed by atoms with van der Waals surface area (Å²) < 4.78 is 5.20. The van der Waals surface area contributed by atoms with Crippen molar-refractivity contribution in [3.05, 3.63) is 60.3 Å². The quantitative estimate of drug-likeness (QED) is 0.707. The van der Waals surface area contributed by atoms with E-state index in [9.17, 15) is 4.79 Å². The zero-order valence-electron chi connectivity index (χ0n) is 15.3. The third kappa shape index (κ3) is 4.06. The minimum Gasteiger partial charge on any atom is -0.383 e. The molecule has 5 heteroatoms. The van der Waals surface area contributed by atoms with Gasteiger partial charge in [-0.3, -0.25) is 4.79 Å². The van der Waals surface area contributed by atoms with Crippen LogP contribution in [0.15, 0.2) is 54.7 Å². The van der Waals surface area contributed by atoms with Crippen LogP contribution in [0, 0.1) is 0 Å². The van der Waals surface area contributed by atoms with Gasteiger partial charge in [-0.25, -0.2) is 0 Å². The van der Waals surface area contributed by atoms with Gasteiger partial charge in [-0.15, -0.1) is 0 Å². The molecule has 0 saturated carbocycles. The maximum Gasteiger partial charge on any atom is 0.257 e. The molecule has 0 bridgehead atoms. The average Bonchev–Trinajstić information content (AvgIpc) is 2.99. The summed E-state index contributed by atoms with van der Waals surface area (Å²) in [7, 11) is 1.72. The van der Waals surface area contributed by atoms with Crippen molar-refractivity contribution in [3.8, 4) is 0 Å². The molecule has 2 N–H and O–H groups in total. The number of hydrogen-bond donors (Lipinski definition) is 2. The Balaban J connectivity index is 1.70. The molecular weight excluding hydrogens is 326 g/mol. The van der Waals surface area contributed by atoms with Gasteiger partial charge in [0.25, 0.3) is 5.91 Å². The smallest absolute Gasteiger partial charge is 0.257 e. The molecule has 0 radical (unpaired) electrons. The van der Waals surface area contributed by atoms with Crippen molar-refractivity contribution in [2.24, 2.45) is 0 Å². The molecule has 0 aromatic heterocycles. The highest BCUT2D eigenvalue weighted by Crippen LogP contribution is 2.31. The van der Waals surface area contributed by atoms with Gasteiger partial charge >= 0.3 is 0 Å². The van der Waals surface area contributed by atoms with Gasteiger partial charge in [0, 0.05) is 49.0 Å². The van der Waals surface area contributed by atoms with Crippen LogP contribution in [0.25, 0.3) is 5.57 Å². The van der Waals surface area contributed by atoms with Crippen LogP contribution in [-0.2, 0) is 9.53 Å². The first-order valence-corrected chi connectivity index (χ1v) is 8.94. The zero-order valence-corrected chi connectivity index (χ0v) is 15.3. The maximum absolute atomic E-state index is 12.1. The second-order valence-corrected chi connectivity index (χ2v) is 6.23. The van der Waals surface area contributed by atoms with Gasteiger partial charge < -0.3 is 20.3 Å². The number of carbonyl (C=O) groups is 1. The minimum absolute atomic E-state index is 0.0796. The largest absolute Gasteiger partial charge is 0.383 e. The Labute approximate surface area is 154 Å². The van der Waals surface area contributed by atoms with Crippen molar-refractivity contribution in [1.82, 2.24) is 0 Å². The van der Waals surface area contributed by atoms with E-state index >= 15 is 0 Å². The number of rotatable bonds is 8. The van der Waals surface area contributed by atoms with E-state index in [0.717, 1.165) is 36.4 Å². The van der Waals surface area contributed by atoms with Crippen molar-refractivity contribution in [2.75, 3.05) is 42.3 Å². The van der Waals surface area contributed by atoms with Crippen LogP contribution in [-0.4, -0.2) is 32.7 Å². The number of para-hydroxylation sites is 1. The number of ether oxygens (including phenoxy) is 1. The second-order valence-electron chi connectivity index (χ2n) is 6.23. The van der Waals surface area contributed by atoms with Gasteiger partial charge in [0.15, 0.2) is 0 Å². The molecule has 0 aliphatic carbocycles. The Hall–Kier alpha value is -2.79. The zero-order chi connectivity index (χ0) is 18.4. The molecule has 1 aliphatic heterocycles. The summed E-state index contributed by atoms with van der Waals surface area (Å²) in [5, 5.41) is 6.11. The van der Waals surface area contributed by atoms with Gasteiger partial charge in [-0.1, -0.05) is 25.1 Å². The lowest BCUT2D eigenvalue weighted by atomic mass is 10.1. The lowest BCUT2D eigenvalue weighted by molar-refractivity contribution is -0.110. The van der Waals surface area contributed by atoms with Gasteiger partial charge in [-0.05, 0) is 36.8 Å². The van der Waals surface area contributed by atoms with Gasteiger partial charge in [0.1, 0.15) is 0 Å². The molecule has 2 aromatic rings.